The van der Waals surface area contributed by atoms with E-state index in [9.17, 15) is 0 Å². The molecule has 16 heavy (non-hydrogen) atoms. The normalized spacial score (nSPS) is 37.5. The summed E-state index contributed by atoms with van der Waals surface area (Å²) in [6, 6.07) is 0.866. The maximum absolute atomic E-state index is 5.48. The van der Waals surface area contributed by atoms with Gasteiger partial charge in [-0.2, -0.15) is 0 Å². The van der Waals surface area contributed by atoms with Gasteiger partial charge in [0.15, 0.2) is 0 Å². The van der Waals surface area contributed by atoms with Crippen LogP contribution in [-0.2, 0) is 4.74 Å². The summed E-state index contributed by atoms with van der Waals surface area (Å²) in [4.78, 5) is 5.42. The fourth-order valence-corrected chi connectivity index (χ4v) is 3.54. The Morgan fingerprint density at radius 1 is 1.06 bits per heavy atom. The molecular formula is C13H24N2O. The number of hydrogen-bond acceptors (Lipinski definition) is 3. The molecule has 3 heteroatoms. The van der Waals surface area contributed by atoms with Gasteiger partial charge in [-0.1, -0.05) is 0 Å². The van der Waals surface area contributed by atoms with Crippen molar-refractivity contribution in [2.45, 2.75) is 31.7 Å². The van der Waals surface area contributed by atoms with Gasteiger partial charge in [0.05, 0.1) is 6.61 Å². The van der Waals surface area contributed by atoms with Gasteiger partial charge in [-0.25, -0.2) is 0 Å². The SMILES string of the molecule is C1CC2CN(CC3CCOC3)CCCN2C1. The van der Waals surface area contributed by atoms with Crippen LogP contribution < -0.4 is 0 Å². The van der Waals surface area contributed by atoms with Crippen LogP contribution in [0.2, 0.25) is 0 Å². The molecule has 3 aliphatic rings. The molecule has 3 nitrogen and oxygen atoms in total. The Hall–Kier alpha value is -0.120. The van der Waals surface area contributed by atoms with Gasteiger partial charge in [0.1, 0.15) is 0 Å². The predicted octanol–water partition coefficient (Wildman–Crippen LogP) is 1.19. The van der Waals surface area contributed by atoms with E-state index in [1.165, 1.54) is 58.4 Å². The molecule has 92 valence electrons. The van der Waals surface area contributed by atoms with E-state index in [-0.39, 0.29) is 0 Å². The van der Waals surface area contributed by atoms with Gasteiger partial charge in [-0.15, -0.1) is 0 Å². The van der Waals surface area contributed by atoms with Crippen molar-refractivity contribution in [1.29, 1.82) is 0 Å². The zero-order valence-electron chi connectivity index (χ0n) is 10.2. The quantitative estimate of drug-likeness (QED) is 0.701. The first-order valence-electron chi connectivity index (χ1n) is 6.96. The summed E-state index contributed by atoms with van der Waals surface area (Å²) >= 11 is 0. The second-order valence-electron chi connectivity index (χ2n) is 5.67. The highest BCUT2D eigenvalue weighted by atomic mass is 16.5. The van der Waals surface area contributed by atoms with Crippen LogP contribution >= 0.6 is 0 Å². The Bertz CT molecular complexity index is 228. The molecule has 0 spiro atoms. The lowest BCUT2D eigenvalue weighted by Crippen LogP contribution is -2.38. The van der Waals surface area contributed by atoms with E-state index in [1.54, 1.807) is 0 Å². The third kappa shape index (κ3) is 2.41. The molecular weight excluding hydrogens is 200 g/mol. The highest BCUT2D eigenvalue weighted by Crippen LogP contribution is 2.23. The molecule has 0 aliphatic carbocycles. The van der Waals surface area contributed by atoms with Crippen LogP contribution in [0.3, 0.4) is 0 Å². The van der Waals surface area contributed by atoms with E-state index in [1.807, 2.05) is 0 Å². The maximum Gasteiger partial charge on any atom is 0.0507 e. The van der Waals surface area contributed by atoms with Crippen molar-refractivity contribution in [3.8, 4) is 0 Å². The Morgan fingerprint density at radius 3 is 2.88 bits per heavy atom. The Kier molecular flexibility index (Phi) is 3.46. The molecule has 0 bridgehead atoms. The van der Waals surface area contributed by atoms with Crippen molar-refractivity contribution in [1.82, 2.24) is 9.80 Å². The lowest BCUT2D eigenvalue weighted by Gasteiger charge is -2.27. The molecule has 0 saturated carbocycles. The van der Waals surface area contributed by atoms with Crippen molar-refractivity contribution < 1.29 is 4.74 Å². The summed E-state index contributed by atoms with van der Waals surface area (Å²) in [5.41, 5.74) is 0. The number of nitrogens with zero attached hydrogens (tertiary/aromatic N) is 2. The molecule has 2 unspecified atom stereocenters. The molecule has 3 heterocycles. The number of ether oxygens (including phenoxy) is 1. The van der Waals surface area contributed by atoms with Gasteiger partial charge in [0.2, 0.25) is 0 Å². The monoisotopic (exact) mass is 224 g/mol. The van der Waals surface area contributed by atoms with Crippen LogP contribution in [0.4, 0.5) is 0 Å². The maximum atomic E-state index is 5.48. The first-order chi connectivity index (χ1) is 7.92. The number of hydrogen-bond donors (Lipinski definition) is 0. The minimum Gasteiger partial charge on any atom is -0.381 e. The van der Waals surface area contributed by atoms with Crippen molar-refractivity contribution in [3.05, 3.63) is 0 Å². The molecule has 0 amide bonds. The van der Waals surface area contributed by atoms with E-state index in [0.717, 1.165) is 25.2 Å². The zero-order valence-corrected chi connectivity index (χ0v) is 10.2. The molecule has 3 aliphatic heterocycles. The van der Waals surface area contributed by atoms with E-state index in [0.29, 0.717) is 0 Å². The lowest BCUT2D eigenvalue weighted by molar-refractivity contribution is 0.161. The van der Waals surface area contributed by atoms with E-state index < -0.39 is 0 Å². The van der Waals surface area contributed by atoms with Crippen LogP contribution in [0, 0.1) is 5.92 Å². The van der Waals surface area contributed by atoms with E-state index in [4.69, 9.17) is 4.74 Å². The molecule has 3 rings (SSSR count). The Morgan fingerprint density at radius 2 is 2.00 bits per heavy atom. The number of rotatable bonds is 2. The summed E-state index contributed by atoms with van der Waals surface area (Å²) in [6.45, 7) is 8.59. The average Bonchev–Trinajstić information content (AvgIpc) is 2.88. The summed E-state index contributed by atoms with van der Waals surface area (Å²) in [6.07, 6.45) is 5.50. The van der Waals surface area contributed by atoms with Crippen molar-refractivity contribution in [3.63, 3.8) is 0 Å². The van der Waals surface area contributed by atoms with Crippen molar-refractivity contribution in [2.24, 2.45) is 5.92 Å². The van der Waals surface area contributed by atoms with Gasteiger partial charge in [-0.05, 0) is 51.2 Å². The molecule has 0 N–H and O–H groups in total. The molecule has 3 fully saturated rings. The highest BCUT2D eigenvalue weighted by Gasteiger charge is 2.29. The lowest BCUT2D eigenvalue weighted by atomic mass is 10.1. The van der Waals surface area contributed by atoms with Crippen LogP contribution in [0.1, 0.15) is 25.7 Å². The van der Waals surface area contributed by atoms with Gasteiger partial charge in [0.25, 0.3) is 0 Å². The fourth-order valence-electron chi connectivity index (χ4n) is 3.54. The summed E-state index contributed by atoms with van der Waals surface area (Å²) < 4.78 is 5.48. The van der Waals surface area contributed by atoms with Crippen LogP contribution in [0.25, 0.3) is 0 Å². The van der Waals surface area contributed by atoms with Crippen LogP contribution in [0.5, 0.6) is 0 Å². The minimum atomic E-state index is 0.813. The average molecular weight is 224 g/mol. The standard InChI is InChI=1S/C13H24N2O/c1-3-13-10-14(5-2-7-15(13)6-1)9-12-4-8-16-11-12/h12-13H,1-11H2. The third-order valence-electron chi connectivity index (χ3n) is 4.43. The second kappa shape index (κ2) is 5.03. The Balaban J connectivity index is 1.54. The van der Waals surface area contributed by atoms with E-state index >= 15 is 0 Å². The predicted molar refractivity (Wildman–Crippen MR) is 64.6 cm³/mol. The molecule has 0 radical (unpaired) electrons. The highest BCUT2D eigenvalue weighted by molar-refractivity contribution is 4.85. The minimum absolute atomic E-state index is 0.813. The topological polar surface area (TPSA) is 15.7 Å². The molecule has 3 saturated heterocycles. The van der Waals surface area contributed by atoms with Crippen molar-refractivity contribution >= 4 is 0 Å². The van der Waals surface area contributed by atoms with E-state index in [2.05, 4.69) is 9.80 Å². The second-order valence-corrected chi connectivity index (χ2v) is 5.67. The summed E-state index contributed by atoms with van der Waals surface area (Å²) in [5, 5.41) is 0. The van der Waals surface area contributed by atoms with Crippen LogP contribution in [-0.4, -0.2) is 61.8 Å². The molecule has 0 aromatic rings. The molecule has 0 aromatic heterocycles. The van der Waals surface area contributed by atoms with Crippen LogP contribution in [0.15, 0.2) is 0 Å². The van der Waals surface area contributed by atoms with Gasteiger partial charge >= 0.3 is 0 Å². The summed E-state index contributed by atoms with van der Waals surface area (Å²) in [7, 11) is 0. The molecule has 2 atom stereocenters. The summed E-state index contributed by atoms with van der Waals surface area (Å²) in [5.74, 6) is 0.813. The van der Waals surface area contributed by atoms with Gasteiger partial charge in [0, 0.05) is 25.7 Å². The fraction of sp³-hybridized carbons (Fsp3) is 1.00. The smallest absolute Gasteiger partial charge is 0.0507 e. The van der Waals surface area contributed by atoms with Gasteiger partial charge < -0.3 is 9.64 Å². The third-order valence-corrected chi connectivity index (χ3v) is 4.43. The Labute approximate surface area is 98.7 Å². The first-order valence-corrected chi connectivity index (χ1v) is 6.96. The zero-order chi connectivity index (χ0) is 10.8. The first kappa shape index (κ1) is 11.0. The van der Waals surface area contributed by atoms with Gasteiger partial charge in [-0.3, -0.25) is 4.90 Å². The van der Waals surface area contributed by atoms with Crippen molar-refractivity contribution in [2.75, 3.05) is 45.9 Å². The molecule has 0 aromatic carbocycles. The largest absolute Gasteiger partial charge is 0.381 e. The number of fused-ring (bicyclic) bond motifs is 1.